The van der Waals surface area contributed by atoms with Gasteiger partial charge in [-0.3, -0.25) is 4.79 Å². The van der Waals surface area contributed by atoms with E-state index < -0.39 is 0 Å². The molecule has 0 aliphatic carbocycles. The fourth-order valence-electron chi connectivity index (χ4n) is 2.18. The summed E-state index contributed by atoms with van der Waals surface area (Å²) in [6, 6.07) is 17.5. The van der Waals surface area contributed by atoms with E-state index in [1.165, 1.54) is 0 Å². The average molecular weight is 291 g/mol. The van der Waals surface area contributed by atoms with Gasteiger partial charge >= 0.3 is 0 Å². The minimum absolute atomic E-state index is 0.0245. The molecule has 0 aliphatic heterocycles. The Kier molecular flexibility index (Phi) is 5.80. The van der Waals surface area contributed by atoms with Crippen LogP contribution in [0.15, 0.2) is 54.6 Å². The summed E-state index contributed by atoms with van der Waals surface area (Å²) < 4.78 is 0. The second-order valence-corrected chi connectivity index (χ2v) is 5.36. The number of hydrogen-bond donors (Lipinski definition) is 1. The molecule has 1 atom stereocenters. The van der Waals surface area contributed by atoms with E-state index in [2.05, 4.69) is 24.1 Å². The van der Waals surface area contributed by atoms with Crippen LogP contribution in [0.1, 0.15) is 48.2 Å². The smallest absolute Gasteiger partial charge is 0.251 e. The number of nitrogens with one attached hydrogen (secondary N) is 1. The van der Waals surface area contributed by atoms with Crippen molar-refractivity contribution in [3.8, 4) is 11.8 Å². The molecule has 1 amide bonds. The molecule has 2 aromatic carbocycles. The Bertz CT molecular complexity index is 662. The zero-order valence-electron chi connectivity index (χ0n) is 13.1. The number of carbonyl (C=O) groups excluding carboxylic acids is 1. The monoisotopic (exact) mass is 291 g/mol. The summed E-state index contributed by atoms with van der Waals surface area (Å²) in [5.41, 5.74) is 2.56. The van der Waals surface area contributed by atoms with Gasteiger partial charge in [0, 0.05) is 22.7 Å². The van der Waals surface area contributed by atoms with Crippen molar-refractivity contribution in [1.82, 2.24) is 5.32 Å². The normalized spacial score (nSPS) is 11.2. The molecule has 0 spiro atoms. The largest absolute Gasteiger partial charge is 0.350 e. The summed E-state index contributed by atoms with van der Waals surface area (Å²) in [5.74, 6) is 6.19. The predicted octanol–water partition coefficient (Wildman–Crippen LogP) is 4.00. The minimum atomic E-state index is -0.0245. The van der Waals surface area contributed by atoms with Gasteiger partial charge in [0.15, 0.2) is 0 Å². The van der Waals surface area contributed by atoms with E-state index in [1.54, 1.807) is 0 Å². The van der Waals surface area contributed by atoms with Gasteiger partial charge in [0.2, 0.25) is 0 Å². The van der Waals surface area contributed by atoms with Crippen molar-refractivity contribution in [3.63, 3.8) is 0 Å². The Morgan fingerprint density at radius 2 is 1.59 bits per heavy atom. The highest BCUT2D eigenvalue weighted by molar-refractivity contribution is 5.94. The lowest BCUT2D eigenvalue weighted by Crippen LogP contribution is -2.32. The third kappa shape index (κ3) is 4.79. The van der Waals surface area contributed by atoms with Crippen molar-refractivity contribution in [2.75, 3.05) is 0 Å². The van der Waals surface area contributed by atoms with Crippen molar-refractivity contribution in [2.45, 2.75) is 32.7 Å². The van der Waals surface area contributed by atoms with E-state index in [0.29, 0.717) is 5.56 Å². The van der Waals surface area contributed by atoms with Crippen LogP contribution in [0.4, 0.5) is 0 Å². The summed E-state index contributed by atoms with van der Waals surface area (Å²) in [4.78, 5) is 12.1. The SMILES string of the molecule is CCC[C@@H](C)NC(=O)c1ccc(C#Cc2ccccc2)cc1. The number of carbonyl (C=O) groups is 1. The summed E-state index contributed by atoms with van der Waals surface area (Å²) in [7, 11) is 0. The quantitative estimate of drug-likeness (QED) is 0.847. The van der Waals surface area contributed by atoms with Gasteiger partial charge < -0.3 is 5.32 Å². The van der Waals surface area contributed by atoms with Crippen molar-refractivity contribution >= 4 is 5.91 Å². The van der Waals surface area contributed by atoms with E-state index in [1.807, 2.05) is 61.5 Å². The van der Waals surface area contributed by atoms with Crippen molar-refractivity contribution < 1.29 is 4.79 Å². The molecule has 0 saturated carbocycles. The van der Waals surface area contributed by atoms with Gasteiger partial charge in [0.25, 0.3) is 5.91 Å². The van der Waals surface area contributed by atoms with Crippen LogP contribution in [-0.2, 0) is 0 Å². The number of rotatable bonds is 4. The van der Waals surface area contributed by atoms with Crippen molar-refractivity contribution in [3.05, 3.63) is 71.3 Å². The molecule has 22 heavy (non-hydrogen) atoms. The molecule has 1 N–H and O–H groups in total. The van der Waals surface area contributed by atoms with E-state index in [4.69, 9.17) is 0 Å². The topological polar surface area (TPSA) is 29.1 Å². The van der Waals surface area contributed by atoms with Gasteiger partial charge in [0.05, 0.1) is 0 Å². The second kappa shape index (κ2) is 8.05. The highest BCUT2D eigenvalue weighted by Crippen LogP contribution is 2.05. The standard InChI is InChI=1S/C20H21NO/c1-3-7-16(2)21-20(22)19-14-12-18(13-15-19)11-10-17-8-5-4-6-9-17/h4-6,8-9,12-16H,3,7H2,1-2H3,(H,21,22)/t16-/m1/s1. The van der Waals surface area contributed by atoms with Gasteiger partial charge in [-0.05, 0) is 49.7 Å². The highest BCUT2D eigenvalue weighted by Gasteiger charge is 2.08. The molecule has 0 aromatic heterocycles. The third-order valence-corrected chi connectivity index (χ3v) is 3.37. The fourth-order valence-corrected chi connectivity index (χ4v) is 2.18. The van der Waals surface area contributed by atoms with E-state index >= 15 is 0 Å². The zero-order chi connectivity index (χ0) is 15.8. The lowest BCUT2D eigenvalue weighted by molar-refractivity contribution is 0.0938. The van der Waals surface area contributed by atoms with Crippen LogP contribution < -0.4 is 5.32 Å². The van der Waals surface area contributed by atoms with Crippen LogP contribution in [-0.4, -0.2) is 11.9 Å². The fraction of sp³-hybridized carbons (Fsp3) is 0.250. The number of benzene rings is 2. The summed E-state index contributed by atoms with van der Waals surface area (Å²) in [6.07, 6.45) is 2.06. The maximum absolute atomic E-state index is 12.1. The molecular weight excluding hydrogens is 270 g/mol. The molecule has 0 aliphatic rings. The first-order valence-electron chi connectivity index (χ1n) is 7.67. The lowest BCUT2D eigenvalue weighted by Gasteiger charge is -2.12. The van der Waals surface area contributed by atoms with E-state index in [9.17, 15) is 4.79 Å². The zero-order valence-corrected chi connectivity index (χ0v) is 13.1. The van der Waals surface area contributed by atoms with Crippen LogP contribution in [0.25, 0.3) is 0 Å². The lowest BCUT2D eigenvalue weighted by atomic mass is 10.1. The van der Waals surface area contributed by atoms with Gasteiger partial charge in [-0.15, -0.1) is 0 Å². The van der Waals surface area contributed by atoms with Gasteiger partial charge in [0.1, 0.15) is 0 Å². The Balaban J connectivity index is 2.01. The molecule has 2 rings (SSSR count). The molecule has 0 heterocycles. The van der Waals surface area contributed by atoms with Gasteiger partial charge in [-0.1, -0.05) is 43.4 Å². The van der Waals surface area contributed by atoms with Gasteiger partial charge in [-0.25, -0.2) is 0 Å². The van der Waals surface area contributed by atoms with Crippen molar-refractivity contribution in [1.29, 1.82) is 0 Å². The molecule has 0 bridgehead atoms. The Labute approximate surface area is 132 Å². The van der Waals surface area contributed by atoms with Crippen LogP contribution in [0.3, 0.4) is 0 Å². The number of amides is 1. The molecule has 0 fully saturated rings. The molecule has 2 aromatic rings. The summed E-state index contributed by atoms with van der Waals surface area (Å²) >= 11 is 0. The van der Waals surface area contributed by atoms with Crippen LogP contribution >= 0.6 is 0 Å². The molecule has 0 unspecified atom stereocenters. The van der Waals surface area contributed by atoms with E-state index in [0.717, 1.165) is 24.0 Å². The van der Waals surface area contributed by atoms with E-state index in [-0.39, 0.29) is 11.9 Å². The van der Waals surface area contributed by atoms with Crippen LogP contribution in [0.2, 0.25) is 0 Å². The second-order valence-electron chi connectivity index (χ2n) is 5.36. The first-order chi connectivity index (χ1) is 10.7. The predicted molar refractivity (Wildman–Crippen MR) is 90.7 cm³/mol. The summed E-state index contributed by atoms with van der Waals surface area (Å²) in [5, 5.41) is 3.00. The minimum Gasteiger partial charge on any atom is -0.350 e. The third-order valence-electron chi connectivity index (χ3n) is 3.37. The van der Waals surface area contributed by atoms with Crippen LogP contribution in [0.5, 0.6) is 0 Å². The molecule has 0 saturated heterocycles. The molecule has 0 radical (unpaired) electrons. The maximum Gasteiger partial charge on any atom is 0.251 e. The molecule has 2 nitrogen and oxygen atoms in total. The average Bonchev–Trinajstić information content (AvgIpc) is 2.54. The van der Waals surface area contributed by atoms with Gasteiger partial charge in [-0.2, -0.15) is 0 Å². The Morgan fingerprint density at radius 1 is 1.00 bits per heavy atom. The molecular formula is C20H21NO. The highest BCUT2D eigenvalue weighted by atomic mass is 16.1. The maximum atomic E-state index is 12.1. The summed E-state index contributed by atoms with van der Waals surface area (Å²) in [6.45, 7) is 4.14. The Hall–Kier alpha value is -2.53. The molecule has 112 valence electrons. The molecule has 2 heteroatoms. The number of hydrogen-bond acceptors (Lipinski definition) is 1. The first-order valence-corrected chi connectivity index (χ1v) is 7.67. The van der Waals surface area contributed by atoms with Crippen LogP contribution in [0, 0.1) is 11.8 Å². The first kappa shape index (κ1) is 15.9. The van der Waals surface area contributed by atoms with Crippen molar-refractivity contribution in [2.24, 2.45) is 0 Å². The Morgan fingerprint density at radius 3 is 2.18 bits per heavy atom.